The summed E-state index contributed by atoms with van der Waals surface area (Å²) < 4.78 is 5.57. The topological polar surface area (TPSA) is 70.7 Å². The highest BCUT2D eigenvalue weighted by molar-refractivity contribution is 6.30. The zero-order valence-electron chi connectivity index (χ0n) is 15.3. The minimum atomic E-state index is -0.403. The third-order valence-electron chi connectivity index (χ3n) is 4.31. The van der Waals surface area contributed by atoms with Crippen molar-refractivity contribution in [1.82, 2.24) is 10.4 Å². The number of hydrogen-bond acceptors (Lipinski definition) is 4. The lowest BCUT2D eigenvalue weighted by atomic mass is 10.1. The third-order valence-corrected chi connectivity index (χ3v) is 4.55. The van der Waals surface area contributed by atoms with E-state index in [9.17, 15) is 9.59 Å². The predicted molar refractivity (Wildman–Crippen MR) is 105 cm³/mol. The van der Waals surface area contributed by atoms with Crippen LogP contribution in [0.4, 0.5) is 5.69 Å². The van der Waals surface area contributed by atoms with Gasteiger partial charge in [-0.05, 0) is 49.2 Å². The first kappa shape index (κ1) is 19.0. The number of rotatable bonds is 6. The molecule has 3 rings (SSSR count). The van der Waals surface area contributed by atoms with Gasteiger partial charge in [-0.2, -0.15) is 0 Å². The standard InChI is InChI=1S/C20H22ClN3O3/c1-3-6-18-22-16-8-5-4-7-15(16)20(26)24(18)23-19(25)12-27-17-10-9-14(21)11-13(17)2/h4-5,7-11,18,22H,3,6,12H2,1-2H3,(H,23,25). The van der Waals surface area contributed by atoms with Crippen molar-refractivity contribution in [3.63, 3.8) is 0 Å². The molecule has 2 N–H and O–H groups in total. The molecule has 0 fully saturated rings. The number of fused-ring (bicyclic) bond motifs is 1. The summed E-state index contributed by atoms with van der Waals surface area (Å²) in [6.07, 6.45) is 1.26. The molecule has 0 saturated carbocycles. The normalized spacial score (nSPS) is 15.7. The van der Waals surface area contributed by atoms with E-state index in [0.29, 0.717) is 22.8 Å². The first-order valence-electron chi connectivity index (χ1n) is 8.87. The van der Waals surface area contributed by atoms with Gasteiger partial charge in [-0.3, -0.25) is 15.0 Å². The Kier molecular flexibility index (Phi) is 5.86. The molecule has 2 amide bonds. The maximum absolute atomic E-state index is 12.8. The number of hydrogen-bond donors (Lipinski definition) is 2. The van der Waals surface area contributed by atoms with Gasteiger partial charge in [0.25, 0.3) is 11.8 Å². The zero-order valence-corrected chi connectivity index (χ0v) is 16.0. The van der Waals surface area contributed by atoms with E-state index in [0.717, 1.165) is 17.7 Å². The molecule has 6 nitrogen and oxygen atoms in total. The molecule has 2 aromatic carbocycles. The molecule has 0 bridgehead atoms. The number of carbonyl (C=O) groups excluding carboxylic acids is 2. The fourth-order valence-corrected chi connectivity index (χ4v) is 3.23. The molecule has 1 heterocycles. The van der Waals surface area contributed by atoms with Gasteiger partial charge >= 0.3 is 0 Å². The Bertz CT molecular complexity index is 856. The van der Waals surface area contributed by atoms with Crippen LogP contribution < -0.4 is 15.5 Å². The molecule has 142 valence electrons. The van der Waals surface area contributed by atoms with Crippen molar-refractivity contribution in [2.75, 3.05) is 11.9 Å². The van der Waals surface area contributed by atoms with Crippen LogP contribution in [0.25, 0.3) is 0 Å². The average Bonchev–Trinajstić information content (AvgIpc) is 2.64. The summed E-state index contributed by atoms with van der Waals surface area (Å²) in [6.45, 7) is 3.68. The van der Waals surface area contributed by atoms with E-state index < -0.39 is 5.91 Å². The molecule has 1 unspecified atom stereocenters. The maximum Gasteiger partial charge on any atom is 0.276 e. The van der Waals surface area contributed by atoms with Gasteiger partial charge in [0.15, 0.2) is 6.61 Å². The number of nitrogens with zero attached hydrogens (tertiary/aromatic N) is 1. The first-order chi connectivity index (χ1) is 13.0. The van der Waals surface area contributed by atoms with Gasteiger partial charge in [0.05, 0.1) is 5.56 Å². The van der Waals surface area contributed by atoms with Crippen LogP contribution in [0.2, 0.25) is 5.02 Å². The van der Waals surface area contributed by atoms with Crippen LogP contribution in [0, 0.1) is 6.92 Å². The number of anilines is 1. The van der Waals surface area contributed by atoms with Crippen LogP contribution in [-0.4, -0.2) is 29.6 Å². The Morgan fingerprint density at radius 1 is 1.30 bits per heavy atom. The lowest BCUT2D eigenvalue weighted by Crippen LogP contribution is -2.58. The third kappa shape index (κ3) is 4.34. The molecule has 0 aliphatic carbocycles. The number of hydrazine groups is 1. The van der Waals surface area contributed by atoms with Crippen molar-refractivity contribution in [1.29, 1.82) is 0 Å². The van der Waals surface area contributed by atoms with E-state index in [2.05, 4.69) is 10.7 Å². The van der Waals surface area contributed by atoms with E-state index in [-0.39, 0.29) is 18.7 Å². The van der Waals surface area contributed by atoms with Crippen LogP contribution in [0.5, 0.6) is 5.75 Å². The van der Waals surface area contributed by atoms with Gasteiger partial charge in [0.1, 0.15) is 11.9 Å². The van der Waals surface area contributed by atoms with Crippen LogP contribution in [0.15, 0.2) is 42.5 Å². The summed E-state index contributed by atoms with van der Waals surface area (Å²) in [6, 6.07) is 12.5. The Morgan fingerprint density at radius 3 is 2.81 bits per heavy atom. The Balaban J connectivity index is 1.68. The Labute approximate surface area is 163 Å². The van der Waals surface area contributed by atoms with Crippen LogP contribution in [0.1, 0.15) is 35.7 Å². The molecule has 0 saturated heterocycles. The monoisotopic (exact) mass is 387 g/mol. The van der Waals surface area contributed by atoms with Crippen molar-refractivity contribution >= 4 is 29.1 Å². The van der Waals surface area contributed by atoms with Crippen molar-refractivity contribution in [3.05, 3.63) is 58.6 Å². The second kappa shape index (κ2) is 8.31. The summed E-state index contributed by atoms with van der Waals surface area (Å²) in [4.78, 5) is 25.2. The molecule has 27 heavy (non-hydrogen) atoms. The number of aryl methyl sites for hydroxylation is 1. The summed E-state index contributed by atoms with van der Waals surface area (Å²) in [7, 11) is 0. The molecular formula is C20H22ClN3O3. The van der Waals surface area contributed by atoms with Crippen LogP contribution in [0.3, 0.4) is 0 Å². The summed E-state index contributed by atoms with van der Waals surface area (Å²) in [5.74, 6) is -0.0630. The quantitative estimate of drug-likeness (QED) is 0.791. The number of ether oxygens (including phenoxy) is 1. The second-order valence-electron chi connectivity index (χ2n) is 6.40. The molecule has 1 aliphatic rings. The average molecular weight is 388 g/mol. The fourth-order valence-electron chi connectivity index (χ4n) is 3.00. The van der Waals surface area contributed by atoms with Gasteiger partial charge < -0.3 is 10.1 Å². The van der Waals surface area contributed by atoms with Gasteiger partial charge in [0.2, 0.25) is 0 Å². The highest BCUT2D eigenvalue weighted by Crippen LogP contribution is 2.26. The minimum absolute atomic E-state index is 0.202. The van der Waals surface area contributed by atoms with Crippen LogP contribution in [-0.2, 0) is 4.79 Å². The highest BCUT2D eigenvalue weighted by Gasteiger charge is 2.32. The smallest absolute Gasteiger partial charge is 0.276 e. The van der Waals surface area contributed by atoms with E-state index >= 15 is 0 Å². The number of para-hydroxylation sites is 1. The van der Waals surface area contributed by atoms with E-state index in [1.54, 1.807) is 30.3 Å². The lowest BCUT2D eigenvalue weighted by molar-refractivity contribution is -0.127. The summed E-state index contributed by atoms with van der Waals surface area (Å²) in [5.41, 5.74) is 4.82. The summed E-state index contributed by atoms with van der Waals surface area (Å²) >= 11 is 5.93. The van der Waals surface area contributed by atoms with Gasteiger partial charge in [-0.15, -0.1) is 0 Å². The Hall–Kier alpha value is -2.73. The van der Waals surface area contributed by atoms with E-state index in [1.807, 2.05) is 26.0 Å². The van der Waals surface area contributed by atoms with Crippen molar-refractivity contribution in [2.24, 2.45) is 0 Å². The van der Waals surface area contributed by atoms with Gasteiger partial charge in [-0.25, -0.2) is 5.01 Å². The van der Waals surface area contributed by atoms with Crippen molar-refractivity contribution in [3.8, 4) is 5.75 Å². The number of halogens is 1. The van der Waals surface area contributed by atoms with Crippen molar-refractivity contribution in [2.45, 2.75) is 32.9 Å². The second-order valence-corrected chi connectivity index (χ2v) is 6.84. The number of benzene rings is 2. The van der Waals surface area contributed by atoms with E-state index in [1.165, 1.54) is 5.01 Å². The first-order valence-corrected chi connectivity index (χ1v) is 9.25. The molecule has 1 aliphatic heterocycles. The number of nitrogens with one attached hydrogen (secondary N) is 2. The SMILES string of the molecule is CCCC1Nc2ccccc2C(=O)N1NC(=O)COc1ccc(Cl)cc1C. The summed E-state index contributed by atoms with van der Waals surface area (Å²) in [5, 5.41) is 5.27. The minimum Gasteiger partial charge on any atom is -0.483 e. The molecule has 7 heteroatoms. The maximum atomic E-state index is 12.8. The zero-order chi connectivity index (χ0) is 19.4. The lowest BCUT2D eigenvalue weighted by Gasteiger charge is -2.37. The van der Waals surface area contributed by atoms with Gasteiger partial charge in [-0.1, -0.05) is 37.1 Å². The molecular weight excluding hydrogens is 366 g/mol. The number of carbonyl (C=O) groups is 2. The largest absolute Gasteiger partial charge is 0.483 e. The molecule has 1 atom stereocenters. The van der Waals surface area contributed by atoms with E-state index in [4.69, 9.17) is 16.3 Å². The van der Waals surface area contributed by atoms with Crippen molar-refractivity contribution < 1.29 is 14.3 Å². The molecule has 0 spiro atoms. The molecule has 0 radical (unpaired) electrons. The van der Waals surface area contributed by atoms with Gasteiger partial charge in [0, 0.05) is 10.7 Å². The number of amides is 2. The fraction of sp³-hybridized carbons (Fsp3) is 0.300. The molecule has 2 aromatic rings. The molecule has 0 aromatic heterocycles. The predicted octanol–water partition coefficient (Wildman–Crippen LogP) is 3.75. The van der Waals surface area contributed by atoms with Crippen LogP contribution >= 0.6 is 11.6 Å². The highest BCUT2D eigenvalue weighted by atomic mass is 35.5. The Morgan fingerprint density at radius 2 is 2.07 bits per heavy atom.